The van der Waals surface area contributed by atoms with Crippen molar-refractivity contribution in [2.24, 2.45) is 0 Å². The first-order valence-corrected chi connectivity index (χ1v) is 11.2. The summed E-state index contributed by atoms with van der Waals surface area (Å²) in [6.07, 6.45) is 4.49. The maximum absolute atomic E-state index is 12.2. The van der Waals surface area contributed by atoms with Crippen molar-refractivity contribution < 1.29 is 13.2 Å². The lowest BCUT2D eigenvalue weighted by Gasteiger charge is -2.10. The molecule has 26 heavy (non-hydrogen) atoms. The number of tetrazole rings is 1. The number of hydrogen-bond acceptors (Lipinski definition) is 7. The van der Waals surface area contributed by atoms with Gasteiger partial charge in [-0.1, -0.05) is 31.5 Å². The van der Waals surface area contributed by atoms with Crippen LogP contribution in [0, 0.1) is 0 Å². The fraction of sp³-hybridized carbons (Fsp3) is 0.500. The third-order valence-electron chi connectivity index (χ3n) is 4.34. The predicted octanol–water partition coefficient (Wildman–Crippen LogP) is 2.31. The molecule has 0 bridgehead atoms. The van der Waals surface area contributed by atoms with E-state index < -0.39 is 9.84 Å². The SMILES string of the molecule is CCS(=O)(=O)c1ccc(NC(=O)CSc2nnnn2C2CCCC2)cc1. The molecule has 1 heterocycles. The van der Waals surface area contributed by atoms with Crippen LogP contribution in [0.3, 0.4) is 0 Å². The van der Waals surface area contributed by atoms with Gasteiger partial charge < -0.3 is 5.32 Å². The maximum Gasteiger partial charge on any atom is 0.234 e. The fourth-order valence-corrected chi connectivity index (χ4v) is 4.53. The van der Waals surface area contributed by atoms with Gasteiger partial charge in [-0.3, -0.25) is 4.79 Å². The van der Waals surface area contributed by atoms with Crippen LogP contribution in [-0.4, -0.2) is 46.0 Å². The van der Waals surface area contributed by atoms with Crippen molar-refractivity contribution in [3.05, 3.63) is 24.3 Å². The number of nitrogens with zero attached hydrogens (tertiary/aromatic N) is 4. The first-order chi connectivity index (χ1) is 12.5. The van der Waals surface area contributed by atoms with Crippen LogP contribution in [0.2, 0.25) is 0 Å². The summed E-state index contributed by atoms with van der Waals surface area (Å²) in [7, 11) is -3.24. The molecule has 2 aromatic rings. The van der Waals surface area contributed by atoms with Gasteiger partial charge in [0.05, 0.1) is 22.4 Å². The van der Waals surface area contributed by atoms with Gasteiger partial charge in [0.2, 0.25) is 11.1 Å². The van der Waals surface area contributed by atoms with E-state index in [0.717, 1.165) is 12.8 Å². The normalized spacial score (nSPS) is 15.3. The number of benzene rings is 1. The van der Waals surface area contributed by atoms with E-state index in [1.807, 2.05) is 4.68 Å². The van der Waals surface area contributed by atoms with Crippen molar-refractivity contribution >= 4 is 33.2 Å². The number of thioether (sulfide) groups is 1. The predicted molar refractivity (Wildman–Crippen MR) is 98.8 cm³/mol. The quantitative estimate of drug-likeness (QED) is 0.717. The molecule has 8 nitrogen and oxygen atoms in total. The van der Waals surface area contributed by atoms with Gasteiger partial charge in [0.1, 0.15) is 0 Å². The summed E-state index contributed by atoms with van der Waals surface area (Å²) in [6, 6.07) is 6.51. The Bertz CT molecular complexity index is 858. The Morgan fingerprint density at radius 3 is 2.62 bits per heavy atom. The highest BCUT2D eigenvalue weighted by Gasteiger charge is 2.22. The molecule has 1 amide bonds. The van der Waals surface area contributed by atoms with E-state index in [4.69, 9.17) is 0 Å². The van der Waals surface area contributed by atoms with E-state index in [1.54, 1.807) is 19.1 Å². The van der Waals surface area contributed by atoms with Gasteiger partial charge in [-0.2, -0.15) is 0 Å². The molecule has 1 aliphatic rings. The zero-order chi connectivity index (χ0) is 18.6. The highest BCUT2D eigenvalue weighted by Crippen LogP contribution is 2.31. The average molecular weight is 396 g/mol. The molecule has 1 fully saturated rings. The molecule has 0 saturated heterocycles. The number of nitrogens with one attached hydrogen (secondary N) is 1. The van der Waals surface area contributed by atoms with E-state index in [0.29, 0.717) is 16.9 Å². The molecule has 0 atom stereocenters. The summed E-state index contributed by atoms with van der Waals surface area (Å²) in [4.78, 5) is 12.4. The van der Waals surface area contributed by atoms with E-state index in [-0.39, 0.29) is 22.3 Å². The number of rotatable bonds is 7. The first kappa shape index (κ1) is 18.8. The lowest BCUT2D eigenvalue weighted by atomic mass is 10.3. The lowest BCUT2D eigenvalue weighted by Crippen LogP contribution is -2.15. The van der Waals surface area contributed by atoms with Crippen molar-refractivity contribution in [3.63, 3.8) is 0 Å². The highest BCUT2D eigenvalue weighted by molar-refractivity contribution is 7.99. The van der Waals surface area contributed by atoms with Gasteiger partial charge in [0, 0.05) is 5.69 Å². The molecule has 1 aromatic carbocycles. The average Bonchev–Trinajstić information content (AvgIpc) is 3.31. The van der Waals surface area contributed by atoms with E-state index in [1.165, 1.54) is 36.7 Å². The van der Waals surface area contributed by atoms with Crippen molar-refractivity contribution in [1.29, 1.82) is 0 Å². The second kappa shape index (κ2) is 8.17. The molecule has 0 unspecified atom stereocenters. The van der Waals surface area contributed by atoms with Crippen LogP contribution >= 0.6 is 11.8 Å². The van der Waals surface area contributed by atoms with Crippen molar-refractivity contribution in [2.75, 3.05) is 16.8 Å². The van der Waals surface area contributed by atoms with Crippen molar-refractivity contribution in [3.8, 4) is 0 Å². The van der Waals surface area contributed by atoms with Crippen molar-refractivity contribution in [1.82, 2.24) is 20.2 Å². The number of carbonyl (C=O) groups is 1. The van der Waals surface area contributed by atoms with Crippen LogP contribution in [0.5, 0.6) is 0 Å². The zero-order valence-electron chi connectivity index (χ0n) is 14.5. The first-order valence-electron chi connectivity index (χ1n) is 8.53. The minimum absolute atomic E-state index is 0.0467. The summed E-state index contributed by atoms with van der Waals surface area (Å²) < 4.78 is 25.4. The standard InChI is InChI=1S/C16H21N5O3S2/c1-2-26(23,24)14-9-7-12(8-10-14)17-15(22)11-25-16-18-19-20-21(16)13-5-3-4-6-13/h7-10,13H,2-6,11H2,1H3,(H,17,22). The number of anilines is 1. The van der Waals surface area contributed by atoms with E-state index in [2.05, 4.69) is 20.8 Å². The van der Waals surface area contributed by atoms with Crippen LogP contribution in [0.15, 0.2) is 34.3 Å². The Labute approximate surface area is 156 Å². The van der Waals surface area contributed by atoms with Gasteiger partial charge in [0.25, 0.3) is 0 Å². The van der Waals surface area contributed by atoms with Crippen LogP contribution in [0.4, 0.5) is 5.69 Å². The Morgan fingerprint density at radius 1 is 1.27 bits per heavy atom. The van der Waals surface area contributed by atoms with Crippen molar-refractivity contribution in [2.45, 2.75) is 48.7 Å². The zero-order valence-corrected chi connectivity index (χ0v) is 16.1. The van der Waals surface area contributed by atoms with E-state index >= 15 is 0 Å². The molecule has 140 valence electrons. The topological polar surface area (TPSA) is 107 Å². The maximum atomic E-state index is 12.2. The lowest BCUT2D eigenvalue weighted by molar-refractivity contribution is -0.113. The molecule has 3 rings (SSSR count). The van der Waals surface area contributed by atoms with Gasteiger partial charge >= 0.3 is 0 Å². The summed E-state index contributed by atoms with van der Waals surface area (Å²) in [5.74, 6) is 0.0368. The van der Waals surface area contributed by atoms with Gasteiger partial charge in [0.15, 0.2) is 9.84 Å². The van der Waals surface area contributed by atoms with Gasteiger partial charge in [-0.15, -0.1) is 5.10 Å². The second-order valence-electron chi connectivity index (χ2n) is 6.11. The molecule has 1 aromatic heterocycles. The summed E-state index contributed by atoms with van der Waals surface area (Å²) >= 11 is 1.30. The van der Waals surface area contributed by atoms with Gasteiger partial charge in [-0.25, -0.2) is 13.1 Å². The highest BCUT2D eigenvalue weighted by atomic mass is 32.2. The molecule has 1 aliphatic carbocycles. The van der Waals surface area contributed by atoms with E-state index in [9.17, 15) is 13.2 Å². The van der Waals surface area contributed by atoms with Crippen LogP contribution in [-0.2, 0) is 14.6 Å². The summed E-state index contributed by atoms with van der Waals surface area (Å²) in [5, 5.41) is 15.2. The minimum Gasteiger partial charge on any atom is -0.325 e. The number of aromatic nitrogens is 4. The molecule has 0 spiro atoms. The largest absolute Gasteiger partial charge is 0.325 e. The smallest absolute Gasteiger partial charge is 0.234 e. The van der Waals surface area contributed by atoms with Gasteiger partial charge in [-0.05, 0) is 47.5 Å². The van der Waals surface area contributed by atoms with Crippen LogP contribution in [0.25, 0.3) is 0 Å². The Kier molecular flexibility index (Phi) is 5.92. The Hall–Kier alpha value is -1.94. The molecular formula is C16H21N5O3S2. The number of carbonyl (C=O) groups excluding carboxylic acids is 1. The molecule has 1 saturated carbocycles. The molecular weight excluding hydrogens is 374 g/mol. The summed E-state index contributed by atoms with van der Waals surface area (Å²) in [5.41, 5.74) is 0.557. The molecule has 1 N–H and O–H groups in total. The molecule has 0 aliphatic heterocycles. The summed E-state index contributed by atoms with van der Waals surface area (Å²) in [6.45, 7) is 1.60. The monoisotopic (exact) mass is 395 g/mol. The molecule has 0 radical (unpaired) electrons. The number of amides is 1. The Morgan fingerprint density at radius 2 is 1.96 bits per heavy atom. The minimum atomic E-state index is -3.24. The Balaban J connectivity index is 1.56. The van der Waals surface area contributed by atoms with Crippen LogP contribution in [0.1, 0.15) is 38.6 Å². The van der Waals surface area contributed by atoms with Crippen LogP contribution < -0.4 is 5.32 Å². The third kappa shape index (κ3) is 4.42. The number of hydrogen-bond donors (Lipinski definition) is 1. The fourth-order valence-electron chi connectivity index (χ4n) is 2.90. The number of sulfone groups is 1. The second-order valence-corrected chi connectivity index (χ2v) is 9.33. The molecule has 10 heteroatoms. The third-order valence-corrected chi connectivity index (χ3v) is 7.03.